The molecule has 7 nitrogen and oxygen atoms in total. The standard InChI is InChI=1S/C22H26N4O3S.Na/c27-30(28,29)18-20-9-7-19(8-10-20)15-23-13-14-26(16-21-5-1-3-11-24-21)17-22-6-2-4-12-25-22;/h1-12,23H,13-18H2,(H,27,28,29);/q;+1/p-1. The molecule has 0 atom stereocenters. The second kappa shape index (κ2) is 13.0. The van der Waals surface area contributed by atoms with Crippen LogP contribution in [0.1, 0.15) is 22.5 Å². The maximum Gasteiger partial charge on any atom is 1.00 e. The third-order valence-corrected chi connectivity index (χ3v) is 5.21. The summed E-state index contributed by atoms with van der Waals surface area (Å²) >= 11 is 0. The maximum absolute atomic E-state index is 10.8. The summed E-state index contributed by atoms with van der Waals surface area (Å²) in [7, 11) is -4.25. The Morgan fingerprint density at radius 3 is 1.87 bits per heavy atom. The summed E-state index contributed by atoms with van der Waals surface area (Å²) in [6.45, 7) is 3.72. The minimum atomic E-state index is -4.25. The SMILES string of the molecule is O=S(=O)([O-])Cc1ccc(CNCCN(Cc2ccccn2)Cc2ccccn2)cc1.[Na+]. The average Bonchev–Trinajstić information content (AvgIpc) is 2.73. The van der Waals surface area contributed by atoms with Crippen molar-refractivity contribution in [3.05, 3.63) is 95.6 Å². The van der Waals surface area contributed by atoms with E-state index < -0.39 is 15.9 Å². The van der Waals surface area contributed by atoms with Crippen LogP contribution in [0, 0.1) is 0 Å². The first-order valence-corrected chi connectivity index (χ1v) is 11.3. The number of aromatic nitrogens is 2. The monoisotopic (exact) mass is 448 g/mol. The minimum Gasteiger partial charge on any atom is -0.748 e. The van der Waals surface area contributed by atoms with Crippen molar-refractivity contribution in [2.45, 2.75) is 25.4 Å². The summed E-state index contributed by atoms with van der Waals surface area (Å²) in [6, 6.07) is 18.9. The number of pyridine rings is 2. The van der Waals surface area contributed by atoms with E-state index in [9.17, 15) is 13.0 Å². The van der Waals surface area contributed by atoms with E-state index in [2.05, 4.69) is 20.2 Å². The van der Waals surface area contributed by atoms with Crippen LogP contribution < -0.4 is 34.9 Å². The first-order valence-electron chi connectivity index (χ1n) is 9.72. The van der Waals surface area contributed by atoms with Gasteiger partial charge in [-0.1, -0.05) is 36.4 Å². The van der Waals surface area contributed by atoms with Gasteiger partial charge in [0, 0.05) is 45.1 Å². The van der Waals surface area contributed by atoms with Crippen molar-refractivity contribution in [1.29, 1.82) is 0 Å². The molecule has 0 saturated carbocycles. The molecule has 1 N–H and O–H groups in total. The molecule has 0 aliphatic rings. The zero-order valence-corrected chi connectivity index (χ0v) is 20.5. The Hall–Kier alpha value is -1.65. The van der Waals surface area contributed by atoms with Gasteiger partial charge in [-0.2, -0.15) is 0 Å². The fraction of sp³-hybridized carbons (Fsp3) is 0.273. The van der Waals surface area contributed by atoms with E-state index in [0.29, 0.717) is 12.1 Å². The quantitative estimate of drug-likeness (QED) is 0.236. The van der Waals surface area contributed by atoms with Crippen LogP contribution in [0.25, 0.3) is 0 Å². The first kappa shape index (κ1) is 25.6. The molecule has 0 fully saturated rings. The zero-order valence-electron chi connectivity index (χ0n) is 17.6. The molecule has 0 amide bonds. The summed E-state index contributed by atoms with van der Waals surface area (Å²) in [5, 5.41) is 3.41. The third-order valence-electron chi connectivity index (χ3n) is 4.52. The van der Waals surface area contributed by atoms with Gasteiger partial charge in [0.2, 0.25) is 0 Å². The molecule has 0 spiro atoms. The minimum absolute atomic E-state index is 0. The van der Waals surface area contributed by atoms with Crippen LogP contribution in [0.2, 0.25) is 0 Å². The molecule has 2 aromatic heterocycles. The van der Waals surface area contributed by atoms with Crippen molar-refractivity contribution in [3.63, 3.8) is 0 Å². The number of benzene rings is 1. The molecule has 0 radical (unpaired) electrons. The molecule has 158 valence electrons. The van der Waals surface area contributed by atoms with Gasteiger partial charge in [0.15, 0.2) is 0 Å². The summed E-state index contributed by atoms with van der Waals surface area (Å²) in [5.74, 6) is -0.475. The molecular formula is C22H25N4NaO3S. The second-order valence-electron chi connectivity index (χ2n) is 7.05. The van der Waals surface area contributed by atoms with Crippen molar-refractivity contribution in [2.75, 3.05) is 13.1 Å². The van der Waals surface area contributed by atoms with Gasteiger partial charge < -0.3 is 9.87 Å². The molecule has 3 aromatic rings. The van der Waals surface area contributed by atoms with Crippen LogP contribution in [-0.4, -0.2) is 40.9 Å². The van der Waals surface area contributed by atoms with Gasteiger partial charge in [-0.05, 0) is 35.4 Å². The van der Waals surface area contributed by atoms with Crippen LogP contribution in [0.3, 0.4) is 0 Å². The number of nitrogens with one attached hydrogen (secondary N) is 1. The smallest absolute Gasteiger partial charge is 0.748 e. The normalized spacial score (nSPS) is 11.3. The Morgan fingerprint density at radius 2 is 1.39 bits per heavy atom. The van der Waals surface area contributed by atoms with Crippen molar-refractivity contribution >= 4 is 10.1 Å². The Labute approximate surface area is 206 Å². The van der Waals surface area contributed by atoms with Crippen molar-refractivity contribution in [3.8, 4) is 0 Å². The van der Waals surface area contributed by atoms with Gasteiger partial charge in [-0.25, -0.2) is 8.42 Å². The molecule has 1 aromatic carbocycles. The van der Waals surface area contributed by atoms with E-state index in [1.165, 1.54) is 0 Å². The van der Waals surface area contributed by atoms with E-state index in [0.717, 1.165) is 43.1 Å². The number of nitrogens with zero attached hydrogens (tertiary/aromatic N) is 3. The van der Waals surface area contributed by atoms with E-state index in [1.807, 2.05) is 48.5 Å². The topological polar surface area (TPSA) is 98.2 Å². The number of hydrogen-bond acceptors (Lipinski definition) is 7. The molecule has 2 heterocycles. The van der Waals surface area contributed by atoms with Gasteiger partial charge in [0.1, 0.15) is 0 Å². The van der Waals surface area contributed by atoms with E-state index >= 15 is 0 Å². The molecule has 0 bridgehead atoms. The molecule has 0 aliphatic heterocycles. The second-order valence-corrected chi connectivity index (χ2v) is 8.45. The van der Waals surface area contributed by atoms with Gasteiger partial charge in [0.05, 0.1) is 27.3 Å². The summed E-state index contributed by atoms with van der Waals surface area (Å²) in [4.78, 5) is 11.1. The fourth-order valence-electron chi connectivity index (χ4n) is 3.08. The Balaban J connectivity index is 0.00000341. The van der Waals surface area contributed by atoms with Gasteiger partial charge in [-0.15, -0.1) is 0 Å². The van der Waals surface area contributed by atoms with Crippen molar-refractivity contribution in [2.24, 2.45) is 0 Å². The van der Waals surface area contributed by atoms with Crippen LogP contribution in [0.5, 0.6) is 0 Å². The van der Waals surface area contributed by atoms with Crippen molar-refractivity contribution in [1.82, 2.24) is 20.2 Å². The molecule has 0 saturated heterocycles. The van der Waals surface area contributed by atoms with Gasteiger partial charge in [0.25, 0.3) is 0 Å². The molecular weight excluding hydrogens is 423 g/mol. The maximum atomic E-state index is 10.8. The van der Waals surface area contributed by atoms with Crippen molar-refractivity contribution < 1.29 is 42.5 Å². The first-order chi connectivity index (χ1) is 14.5. The Bertz CT molecular complexity index is 962. The van der Waals surface area contributed by atoms with Crippen LogP contribution in [0.15, 0.2) is 73.1 Å². The molecule has 0 unspecified atom stereocenters. The van der Waals surface area contributed by atoms with E-state index in [-0.39, 0.29) is 29.6 Å². The molecule has 3 rings (SSSR count). The average molecular weight is 449 g/mol. The number of rotatable bonds is 11. The molecule has 0 aliphatic carbocycles. The molecule has 31 heavy (non-hydrogen) atoms. The zero-order chi connectivity index (χ0) is 21.2. The summed E-state index contributed by atoms with van der Waals surface area (Å²) in [6.07, 6.45) is 3.60. The van der Waals surface area contributed by atoms with E-state index in [1.54, 1.807) is 24.5 Å². The van der Waals surface area contributed by atoms with Crippen LogP contribution >= 0.6 is 0 Å². The Kier molecular flexibility index (Phi) is 10.8. The van der Waals surface area contributed by atoms with Crippen LogP contribution in [0.4, 0.5) is 0 Å². The fourth-order valence-corrected chi connectivity index (χ4v) is 3.68. The summed E-state index contributed by atoms with van der Waals surface area (Å²) < 4.78 is 32.5. The Morgan fingerprint density at radius 1 is 0.839 bits per heavy atom. The predicted molar refractivity (Wildman–Crippen MR) is 114 cm³/mol. The largest absolute Gasteiger partial charge is 1.00 e. The van der Waals surface area contributed by atoms with Gasteiger partial charge >= 0.3 is 29.6 Å². The number of hydrogen-bond donors (Lipinski definition) is 1. The third kappa shape index (κ3) is 10.0. The predicted octanol–water partition coefficient (Wildman–Crippen LogP) is -0.682. The summed E-state index contributed by atoms with van der Waals surface area (Å²) in [5.41, 5.74) is 3.56. The van der Waals surface area contributed by atoms with Crippen LogP contribution in [-0.2, 0) is 35.5 Å². The molecule has 9 heteroatoms. The van der Waals surface area contributed by atoms with E-state index in [4.69, 9.17) is 0 Å². The van der Waals surface area contributed by atoms with Gasteiger partial charge in [-0.3, -0.25) is 14.9 Å².